The van der Waals surface area contributed by atoms with Gasteiger partial charge in [-0.3, -0.25) is 4.79 Å². The smallest absolute Gasteiger partial charge is 0.271 e. The molecule has 0 aliphatic rings. The van der Waals surface area contributed by atoms with E-state index in [4.69, 9.17) is 4.74 Å². The Hall–Kier alpha value is -2.70. The Bertz CT molecular complexity index is 861. The summed E-state index contributed by atoms with van der Waals surface area (Å²) in [6.07, 6.45) is 0. The largest absolute Gasteiger partial charge is 0.492 e. The third kappa shape index (κ3) is 5.64. The van der Waals surface area contributed by atoms with E-state index in [1.54, 1.807) is 5.38 Å². The van der Waals surface area contributed by atoms with Crippen molar-refractivity contribution in [3.05, 3.63) is 71.2 Å². The monoisotopic (exact) mass is 381 g/mol. The summed E-state index contributed by atoms with van der Waals surface area (Å²) >= 11 is 1.47. The molecule has 0 unspecified atom stereocenters. The number of carbonyl (C=O) groups is 1. The fraction of sp³-hybridized carbons (Fsp3) is 0.238. The maximum absolute atomic E-state index is 12.3. The van der Waals surface area contributed by atoms with Crippen molar-refractivity contribution in [3.63, 3.8) is 0 Å². The molecule has 0 saturated carbocycles. The zero-order valence-corrected chi connectivity index (χ0v) is 16.3. The van der Waals surface area contributed by atoms with Gasteiger partial charge in [-0.2, -0.15) is 0 Å². The van der Waals surface area contributed by atoms with Crippen molar-refractivity contribution < 1.29 is 9.53 Å². The normalized spacial score (nSPS) is 10.8. The van der Waals surface area contributed by atoms with Crippen LogP contribution in [-0.4, -0.2) is 43.0 Å². The predicted octanol–water partition coefficient (Wildman–Crippen LogP) is 3.68. The molecule has 0 fully saturated rings. The minimum absolute atomic E-state index is 0.167. The number of aromatic nitrogens is 1. The first kappa shape index (κ1) is 19.1. The van der Waals surface area contributed by atoms with Gasteiger partial charge < -0.3 is 15.0 Å². The Morgan fingerprint density at radius 1 is 1.11 bits per heavy atom. The molecule has 1 N–H and O–H groups in total. The van der Waals surface area contributed by atoms with Crippen LogP contribution in [0.4, 0.5) is 0 Å². The van der Waals surface area contributed by atoms with Crippen molar-refractivity contribution in [2.24, 2.45) is 0 Å². The summed E-state index contributed by atoms with van der Waals surface area (Å²) in [6, 6.07) is 17.6. The summed E-state index contributed by atoms with van der Waals surface area (Å²) in [6.45, 7) is 1.97. The number of nitrogens with zero attached hydrogens (tertiary/aromatic N) is 2. The molecule has 27 heavy (non-hydrogen) atoms. The van der Waals surface area contributed by atoms with E-state index in [1.165, 1.54) is 11.3 Å². The number of hydrogen-bond donors (Lipinski definition) is 1. The average Bonchev–Trinajstić information content (AvgIpc) is 3.18. The number of ether oxygens (including phenoxy) is 1. The second-order valence-electron chi connectivity index (χ2n) is 6.38. The lowest BCUT2D eigenvalue weighted by Gasteiger charge is -2.11. The van der Waals surface area contributed by atoms with Gasteiger partial charge in [-0.15, -0.1) is 11.3 Å². The Balaban J connectivity index is 1.51. The summed E-state index contributed by atoms with van der Waals surface area (Å²) in [7, 11) is 4.03. The molecule has 0 aliphatic carbocycles. The van der Waals surface area contributed by atoms with Crippen LogP contribution in [0, 0.1) is 0 Å². The fourth-order valence-electron chi connectivity index (χ4n) is 2.41. The highest BCUT2D eigenvalue weighted by atomic mass is 32.1. The maximum Gasteiger partial charge on any atom is 0.271 e. The SMILES string of the molecule is CN(C)CCOc1ccc(CNC(=O)c2csc(-c3ccccc3)n2)cc1. The van der Waals surface area contributed by atoms with Crippen LogP contribution in [0.15, 0.2) is 60.0 Å². The molecule has 0 spiro atoms. The molecule has 0 aliphatic heterocycles. The second kappa shape index (κ2) is 9.30. The van der Waals surface area contributed by atoms with Crippen LogP contribution < -0.4 is 10.1 Å². The molecular formula is C21H23N3O2S. The van der Waals surface area contributed by atoms with Crippen LogP contribution in [0.3, 0.4) is 0 Å². The first-order valence-electron chi connectivity index (χ1n) is 8.77. The molecule has 1 heterocycles. The first-order valence-corrected chi connectivity index (χ1v) is 9.65. The first-order chi connectivity index (χ1) is 13.1. The lowest BCUT2D eigenvalue weighted by Crippen LogP contribution is -2.23. The molecule has 6 heteroatoms. The van der Waals surface area contributed by atoms with Crippen molar-refractivity contribution in [3.8, 4) is 16.3 Å². The molecule has 140 valence electrons. The molecule has 2 aromatic carbocycles. The van der Waals surface area contributed by atoms with Crippen LogP contribution in [0.2, 0.25) is 0 Å². The average molecular weight is 382 g/mol. The third-order valence-electron chi connectivity index (χ3n) is 3.94. The number of rotatable bonds is 8. The molecule has 5 nitrogen and oxygen atoms in total. The lowest BCUT2D eigenvalue weighted by molar-refractivity contribution is 0.0946. The number of benzene rings is 2. The summed E-state index contributed by atoms with van der Waals surface area (Å²) in [4.78, 5) is 18.9. The van der Waals surface area contributed by atoms with Gasteiger partial charge in [0.25, 0.3) is 5.91 Å². The van der Waals surface area contributed by atoms with Crippen molar-refractivity contribution in [1.29, 1.82) is 0 Å². The van der Waals surface area contributed by atoms with Crippen LogP contribution in [0.25, 0.3) is 10.6 Å². The van der Waals surface area contributed by atoms with Gasteiger partial charge in [0, 0.05) is 24.0 Å². The van der Waals surface area contributed by atoms with Crippen LogP contribution in [0.1, 0.15) is 16.1 Å². The Morgan fingerprint density at radius 3 is 2.56 bits per heavy atom. The standard InChI is InChI=1S/C21H23N3O2S/c1-24(2)12-13-26-18-10-8-16(9-11-18)14-22-20(25)19-15-27-21(23-19)17-6-4-3-5-7-17/h3-11,15H,12-14H2,1-2H3,(H,22,25). The predicted molar refractivity (Wildman–Crippen MR) is 109 cm³/mol. The van der Waals surface area contributed by atoms with E-state index in [0.717, 1.165) is 28.4 Å². The van der Waals surface area contributed by atoms with Gasteiger partial charge in [-0.05, 0) is 31.8 Å². The minimum Gasteiger partial charge on any atom is -0.492 e. The van der Waals surface area contributed by atoms with E-state index in [0.29, 0.717) is 18.8 Å². The van der Waals surface area contributed by atoms with E-state index < -0.39 is 0 Å². The lowest BCUT2D eigenvalue weighted by atomic mass is 10.2. The Morgan fingerprint density at radius 2 is 1.85 bits per heavy atom. The van der Waals surface area contributed by atoms with E-state index in [-0.39, 0.29) is 5.91 Å². The van der Waals surface area contributed by atoms with Gasteiger partial charge in [-0.25, -0.2) is 4.98 Å². The molecule has 0 bridgehead atoms. The topological polar surface area (TPSA) is 54.5 Å². The van der Waals surface area contributed by atoms with Gasteiger partial charge >= 0.3 is 0 Å². The number of hydrogen-bond acceptors (Lipinski definition) is 5. The number of thiazole rings is 1. The van der Waals surface area contributed by atoms with Crippen molar-refractivity contribution >= 4 is 17.2 Å². The maximum atomic E-state index is 12.3. The Labute approximate surface area is 163 Å². The van der Waals surface area contributed by atoms with Crippen molar-refractivity contribution in [1.82, 2.24) is 15.2 Å². The van der Waals surface area contributed by atoms with Crippen LogP contribution in [-0.2, 0) is 6.54 Å². The number of nitrogens with one attached hydrogen (secondary N) is 1. The van der Waals surface area contributed by atoms with Gasteiger partial charge in [0.1, 0.15) is 23.1 Å². The van der Waals surface area contributed by atoms with Crippen molar-refractivity contribution in [2.75, 3.05) is 27.2 Å². The molecule has 0 saturated heterocycles. The van der Waals surface area contributed by atoms with Gasteiger partial charge in [0.2, 0.25) is 0 Å². The van der Waals surface area contributed by atoms with E-state index in [1.807, 2.05) is 68.7 Å². The molecule has 1 amide bonds. The zero-order valence-electron chi connectivity index (χ0n) is 15.5. The molecule has 1 aromatic heterocycles. The zero-order chi connectivity index (χ0) is 19.1. The fourth-order valence-corrected chi connectivity index (χ4v) is 3.22. The molecule has 3 rings (SSSR count). The second-order valence-corrected chi connectivity index (χ2v) is 7.24. The molecule has 0 radical (unpaired) electrons. The number of amides is 1. The highest BCUT2D eigenvalue weighted by Crippen LogP contribution is 2.23. The molecule has 0 atom stereocenters. The van der Waals surface area contributed by atoms with E-state index in [2.05, 4.69) is 15.2 Å². The van der Waals surface area contributed by atoms with E-state index in [9.17, 15) is 4.79 Å². The summed E-state index contributed by atoms with van der Waals surface area (Å²) in [5.41, 5.74) is 2.48. The highest BCUT2D eigenvalue weighted by Gasteiger charge is 2.11. The molecular weight excluding hydrogens is 358 g/mol. The van der Waals surface area contributed by atoms with Crippen molar-refractivity contribution in [2.45, 2.75) is 6.54 Å². The van der Waals surface area contributed by atoms with Gasteiger partial charge in [0.15, 0.2) is 0 Å². The Kier molecular flexibility index (Phi) is 6.57. The van der Waals surface area contributed by atoms with Crippen LogP contribution >= 0.6 is 11.3 Å². The minimum atomic E-state index is -0.167. The summed E-state index contributed by atoms with van der Waals surface area (Å²) < 4.78 is 5.67. The van der Waals surface area contributed by atoms with Gasteiger partial charge in [-0.1, -0.05) is 42.5 Å². The quantitative estimate of drug-likeness (QED) is 0.647. The number of carbonyl (C=O) groups excluding carboxylic acids is 1. The van der Waals surface area contributed by atoms with Gasteiger partial charge in [0.05, 0.1) is 0 Å². The summed E-state index contributed by atoms with van der Waals surface area (Å²) in [5, 5.41) is 5.55. The molecule has 3 aromatic rings. The third-order valence-corrected chi connectivity index (χ3v) is 4.83. The summed E-state index contributed by atoms with van der Waals surface area (Å²) in [5.74, 6) is 0.665. The highest BCUT2D eigenvalue weighted by molar-refractivity contribution is 7.13. The van der Waals surface area contributed by atoms with E-state index >= 15 is 0 Å². The number of likely N-dealkylation sites (N-methyl/N-ethyl adjacent to an activating group) is 1. The van der Waals surface area contributed by atoms with Crippen LogP contribution in [0.5, 0.6) is 5.75 Å².